The second-order valence-corrected chi connectivity index (χ2v) is 6.41. The third-order valence-electron chi connectivity index (χ3n) is 3.81. The molecule has 0 unspecified atom stereocenters. The third kappa shape index (κ3) is 4.23. The number of anilines is 1. The predicted octanol–water partition coefficient (Wildman–Crippen LogP) is 3.15. The van der Waals surface area contributed by atoms with Gasteiger partial charge in [-0.2, -0.15) is 4.98 Å². The van der Waals surface area contributed by atoms with Gasteiger partial charge >= 0.3 is 11.8 Å². The Hall–Kier alpha value is -2.71. The largest absolute Gasteiger partial charge is 0.460 e. The van der Waals surface area contributed by atoms with Crippen LogP contribution in [0.1, 0.15) is 33.1 Å². The molecule has 0 atom stereocenters. The van der Waals surface area contributed by atoms with E-state index in [1.807, 2.05) is 13.8 Å². The standard InChI is InChI=1S/C16H21N5O4/c1-11(2)10-24-16(23)19-18-12-8-13-17-15(22)25-21(13)14(9-12)20-6-4-3-5-7-20/h8-9,11H,3-7,10H2,1-2H3. The van der Waals surface area contributed by atoms with Gasteiger partial charge in [0.15, 0.2) is 5.65 Å². The van der Waals surface area contributed by atoms with Crippen molar-refractivity contribution in [2.45, 2.75) is 33.1 Å². The van der Waals surface area contributed by atoms with Gasteiger partial charge in [0.25, 0.3) is 0 Å². The Morgan fingerprint density at radius 2 is 2.08 bits per heavy atom. The zero-order chi connectivity index (χ0) is 17.8. The summed E-state index contributed by atoms with van der Waals surface area (Å²) < 4.78 is 11.5. The van der Waals surface area contributed by atoms with Crippen molar-refractivity contribution in [3.63, 3.8) is 0 Å². The molecule has 0 aliphatic carbocycles. The number of aromatic nitrogens is 2. The first-order valence-corrected chi connectivity index (χ1v) is 8.40. The molecule has 0 radical (unpaired) electrons. The summed E-state index contributed by atoms with van der Waals surface area (Å²) in [7, 11) is 0. The number of hydrogen-bond acceptors (Lipinski definition) is 7. The van der Waals surface area contributed by atoms with Crippen LogP contribution >= 0.6 is 0 Å². The highest BCUT2D eigenvalue weighted by Gasteiger charge is 2.17. The first-order chi connectivity index (χ1) is 12.0. The Morgan fingerprint density at radius 3 is 2.80 bits per heavy atom. The Kier molecular flexibility index (Phi) is 5.11. The lowest BCUT2D eigenvalue weighted by atomic mass is 10.1. The molecule has 0 aromatic carbocycles. The second kappa shape index (κ2) is 7.45. The molecule has 0 saturated carbocycles. The molecule has 2 aromatic heterocycles. The van der Waals surface area contributed by atoms with Gasteiger partial charge < -0.3 is 14.2 Å². The molecule has 1 amide bonds. The zero-order valence-electron chi connectivity index (χ0n) is 14.3. The first-order valence-electron chi connectivity index (χ1n) is 8.40. The highest BCUT2D eigenvalue weighted by Crippen LogP contribution is 2.26. The van der Waals surface area contributed by atoms with Gasteiger partial charge in [-0.05, 0) is 25.2 Å². The molecule has 3 heterocycles. The number of nitrogens with zero attached hydrogens (tertiary/aromatic N) is 5. The van der Waals surface area contributed by atoms with Crippen molar-refractivity contribution in [3.05, 3.63) is 22.7 Å². The molecular formula is C16H21N5O4. The van der Waals surface area contributed by atoms with Crippen LogP contribution < -0.4 is 10.7 Å². The molecule has 134 valence electrons. The molecule has 9 heteroatoms. The first kappa shape index (κ1) is 17.1. The average Bonchev–Trinajstić information content (AvgIpc) is 2.98. The van der Waals surface area contributed by atoms with Gasteiger partial charge in [0.2, 0.25) is 0 Å². The monoisotopic (exact) mass is 347 g/mol. The highest BCUT2D eigenvalue weighted by atomic mass is 16.5. The fourth-order valence-electron chi connectivity index (χ4n) is 2.67. The lowest BCUT2D eigenvalue weighted by Crippen LogP contribution is -2.30. The van der Waals surface area contributed by atoms with Gasteiger partial charge in [0, 0.05) is 25.2 Å². The van der Waals surface area contributed by atoms with Gasteiger partial charge in [0.1, 0.15) is 5.82 Å². The van der Waals surface area contributed by atoms with E-state index in [9.17, 15) is 9.59 Å². The van der Waals surface area contributed by atoms with Crippen LogP contribution in [-0.2, 0) is 4.74 Å². The summed E-state index contributed by atoms with van der Waals surface area (Å²) in [5.41, 5.74) is 0.743. The van der Waals surface area contributed by atoms with Gasteiger partial charge in [0.05, 0.1) is 12.3 Å². The molecule has 9 nitrogen and oxygen atoms in total. The third-order valence-corrected chi connectivity index (χ3v) is 3.81. The number of carbonyl (C=O) groups excluding carboxylic acids is 1. The second-order valence-electron chi connectivity index (χ2n) is 6.41. The van der Waals surface area contributed by atoms with E-state index in [1.165, 1.54) is 17.1 Å². The molecule has 0 bridgehead atoms. The summed E-state index contributed by atoms with van der Waals surface area (Å²) in [5, 5.41) is 7.49. The number of rotatable bonds is 4. The number of azo groups is 1. The smallest absolute Gasteiger partial charge is 0.447 e. The Labute approximate surface area is 144 Å². The molecule has 0 N–H and O–H groups in total. The number of piperidine rings is 1. The van der Waals surface area contributed by atoms with E-state index < -0.39 is 11.8 Å². The maximum Gasteiger partial charge on any atom is 0.460 e. The molecule has 0 spiro atoms. The van der Waals surface area contributed by atoms with Crippen LogP contribution in [0.25, 0.3) is 5.65 Å². The van der Waals surface area contributed by atoms with E-state index in [-0.39, 0.29) is 12.5 Å². The molecular weight excluding hydrogens is 326 g/mol. The van der Waals surface area contributed by atoms with Crippen molar-refractivity contribution in [1.82, 2.24) is 9.56 Å². The Balaban J connectivity index is 1.88. The van der Waals surface area contributed by atoms with Gasteiger partial charge in [-0.1, -0.05) is 19.0 Å². The van der Waals surface area contributed by atoms with E-state index >= 15 is 0 Å². The van der Waals surface area contributed by atoms with Crippen LogP contribution in [0.3, 0.4) is 0 Å². The van der Waals surface area contributed by atoms with Gasteiger partial charge in [-0.15, -0.1) is 9.69 Å². The summed E-state index contributed by atoms with van der Waals surface area (Å²) in [6.07, 6.45) is 2.56. The lowest BCUT2D eigenvalue weighted by molar-refractivity contribution is 0.142. The van der Waals surface area contributed by atoms with Crippen LogP contribution in [0.5, 0.6) is 0 Å². The predicted molar refractivity (Wildman–Crippen MR) is 90.5 cm³/mol. The van der Waals surface area contributed by atoms with E-state index in [0.29, 0.717) is 17.2 Å². The highest BCUT2D eigenvalue weighted by molar-refractivity contribution is 5.68. The van der Waals surface area contributed by atoms with E-state index in [1.54, 1.807) is 6.07 Å². The minimum Gasteiger partial charge on any atom is -0.447 e. The van der Waals surface area contributed by atoms with Crippen LogP contribution in [0.15, 0.2) is 31.7 Å². The SMILES string of the molecule is CC(C)COC(=O)N=Nc1cc(N2CCCCC2)n2oc(=O)nc2c1. The van der Waals surface area contributed by atoms with Crippen LogP contribution in [-0.4, -0.2) is 35.3 Å². The molecule has 1 fully saturated rings. The minimum absolute atomic E-state index is 0.225. The van der Waals surface area contributed by atoms with E-state index in [4.69, 9.17) is 9.26 Å². The topological polar surface area (TPSA) is 102 Å². The summed E-state index contributed by atoms with van der Waals surface area (Å²) >= 11 is 0. The zero-order valence-corrected chi connectivity index (χ0v) is 14.3. The number of ether oxygens (including phenoxy) is 1. The maximum atomic E-state index is 11.6. The fourth-order valence-corrected chi connectivity index (χ4v) is 2.67. The number of carbonyl (C=O) groups is 1. The minimum atomic E-state index is -0.745. The average molecular weight is 347 g/mol. The summed E-state index contributed by atoms with van der Waals surface area (Å²) in [5.74, 6) is 0.225. The molecule has 1 aliphatic heterocycles. The van der Waals surface area contributed by atoms with Crippen molar-refractivity contribution in [3.8, 4) is 0 Å². The quantitative estimate of drug-likeness (QED) is 0.787. The van der Waals surface area contributed by atoms with E-state index in [2.05, 4.69) is 20.1 Å². The van der Waals surface area contributed by atoms with Crippen molar-refractivity contribution in [1.29, 1.82) is 0 Å². The maximum absolute atomic E-state index is 11.6. The molecule has 3 rings (SSSR count). The number of amides is 1. The molecule has 1 saturated heterocycles. The van der Waals surface area contributed by atoms with Crippen LogP contribution in [0.2, 0.25) is 0 Å². The van der Waals surface area contributed by atoms with Crippen LogP contribution in [0.4, 0.5) is 16.3 Å². The fraction of sp³-hybridized carbons (Fsp3) is 0.562. The van der Waals surface area contributed by atoms with Gasteiger partial charge in [-0.25, -0.2) is 9.59 Å². The summed E-state index contributed by atoms with van der Waals surface area (Å²) in [6, 6.07) is 3.26. The molecule has 1 aliphatic rings. The Morgan fingerprint density at radius 1 is 1.32 bits per heavy atom. The van der Waals surface area contributed by atoms with Crippen molar-refractivity contribution in [2.75, 3.05) is 24.6 Å². The number of hydrogen-bond donors (Lipinski definition) is 0. The normalized spacial score (nSPS) is 15.4. The van der Waals surface area contributed by atoms with E-state index in [0.717, 1.165) is 25.9 Å². The number of pyridine rings is 1. The number of fused-ring (bicyclic) bond motifs is 1. The summed E-state index contributed by atoms with van der Waals surface area (Å²) in [4.78, 5) is 29.0. The molecule has 25 heavy (non-hydrogen) atoms. The van der Waals surface area contributed by atoms with Crippen LogP contribution in [0, 0.1) is 5.92 Å². The van der Waals surface area contributed by atoms with Crippen molar-refractivity contribution >= 4 is 23.2 Å². The summed E-state index contributed by atoms with van der Waals surface area (Å²) in [6.45, 7) is 5.87. The van der Waals surface area contributed by atoms with Gasteiger partial charge in [-0.3, -0.25) is 0 Å². The Bertz CT molecular complexity index is 833. The lowest BCUT2D eigenvalue weighted by Gasteiger charge is -2.28. The van der Waals surface area contributed by atoms with Crippen molar-refractivity contribution < 1.29 is 14.1 Å². The van der Waals surface area contributed by atoms with Crippen molar-refractivity contribution in [2.24, 2.45) is 16.1 Å². The molecule has 2 aromatic rings.